The molecule has 1 N–H and O–H groups in total. The molecule has 2 aliphatic carbocycles. The van der Waals surface area contributed by atoms with Crippen LogP contribution < -0.4 is 5.32 Å². The maximum absolute atomic E-state index is 6.40. The summed E-state index contributed by atoms with van der Waals surface area (Å²) in [6.45, 7) is 5.32. The molecular formula is C16H31NO. The van der Waals surface area contributed by atoms with Crippen LogP contribution in [0.25, 0.3) is 0 Å². The van der Waals surface area contributed by atoms with Gasteiger partial charge in [0.2, 0.25) is 0 Å². The van der Waals surface area contributed by atoms with E-state index in [9.17, 15) is 0 Å². The van der Waals surface area contributed by atoms with Crippen molar-refractivity contribution in [3.63, 3.8) is 0 Å². The molecule has 0 aromatic rings. The molecule has 106 valence electrons. The highest BCUT2D eigenvalue weighted by molar-refractivity contribution is 4.85. The summed E-state index contributed by atoms with van der Waals surface area (Å²) >= 11 is 0. The maximum atomic E-state index is 6.40. The molecule has 2 saturated carbocycles. The number of ether oxygens (including phenoxy) is 1. The van der Waals surface area contributed by atoms with E-state index in [-0.39, 0.29) is 5.60 Å². The van der Waals surface area contributed by atoms with Crippen LogP contribution in [-0.4, -0.2) is 25.3 Å². The summed E-state index contributed by atoms with van der Waals surface area (Å²) in [4.78, 5) is 0. The minimum atomic E-state index is 0.163. The summed E-state index contributed by atoms with van der Waals surface area (Å²) in [6.07, 6.45) is 13.7. The Morgan fingerprint density at radius 2 is 1.78 bits per heavy atom. The van der Waals surface area contributed by atoms with Gasteiger partial charge >= 0.3 is 0 Å². The molecule has 0 spiro atoms. The van der Waals surface area contributed by atoms with Crippen molar-refractivity contribution >= 4 is 0 Å². The van der Waals surface area contributed by atoms with Crippen LogP contribution in [-0.2, 0) is 4.74 Å². The highest BCUT2D eigenvalue weighted by Crippen LogP contribution is 2.33. The Balaban J connectivity index is 1.77. The number of hydrogen-bond acceptors (Lipinski definition) is 2. The summed E-state index contributed by atoms with van der Waals surface area (Å²) in [5, 5.41) is 3.53. The number of rotatable bonds is 7. The molecule has 0 amide bonds. The van der Waals surface area contributed by atoms with Gasteiger partial charge in [-0.25, -0.2) is 0 Å². The van der Waals surface area contributed by atoms with Gasteiger partial charge < -0.3 is 10.1 Å². The monoisotopic (exact) mass is 253 g/mol. The largest absolute Gasteiger partial charge is 0.374 e. The van der Waals surface area contributed by atoms with Crippen molar-refractivity contribution in [2.24, 2.45) is 5.92 Å². The highest BCUT2D eigenvalue weighted by Gasteiger charge is 2.31. The SMILES string of the molecule is CCNCC1(OCCC2CCC2)CCCCCC1. The molecular weight excluding hydrogens is 222 g/mol. The lowest BCUT2D eigenvalue weighted by molar-refractivity contribution is -0.0616. The normalized spacial score (nSPS) is 24.5. The van der Waals surface area contributed by atoms with E-state index < -0.39 is 0 Å². The Labute approximate surface area is 113 Å². The Morgan fingerprint density at radius 1 is 1.06 bits per heavy atom. The molecule has 0 radical (unpaired) electrons. The van der Waals surface area contributed by atoms with Crippen molar-refractivity contribution in [3.8, 4) is 0 Å². The van der Waals surface area contributed by atoms with Crippen molar-refractivity contribution in [1.29, 1.82) is 0 Å². The first-order valence-corrected chi connectivity index (χ1v) is 8.19. The lowest BCUT2D eigenvalue weighted by Crippen LogP contribution is -2.43. The molecule has 0 atom stereocenters. The molecule has 2 fully saturated rings. The van der Waals surface area contributed by atoms with E-state index in [1.165, 1.54) is 64.2 Å². The lowest BCUT2D eigenvalue weighted by Gasteiger charge is -2.35. The summed E-state index contributed by atoms with van der Waals surface area (Å²) in [7, 11) is 0. The molecule has 0 heterocycles. The zero-order valence-corrected chi connectivity index (χ0v) is 12.2. The van der Waals surface area contributed by atoms with Crippen molar-refractivity contribution in [2.45, 2.75) is 76.7 Å². The van der Waals surface area contributed by atoms with E-state index >= 15 is 0 Å². The fraction of sp³-hybridized carbons (Fsp3) is 1.00. The van der Waals surface area contributed by atoms with Gasteiger partial charge in [-0.15, -0.1) is 0 Å². The van der Waals surface area contributed by atoms with Crippen LogP contribution in [0.1, 0.15) is 71.1 Å². The third kappa shape index (κ3) is 4.24. The Morgan fingerprint density at radius 3 is 2.33 bits per heavy atom. The third-order valence-corrected chi connectivity index (χ3v) is 4.87. The third-order valence-electron chi connectivity index (χ3n) is 4.87. The van der Waals surface area contributed by atoms with Crippen LogP contribution in [0.3, 0.4) is 0 Å². The van der Waals surface area contributed by atoms with Crippen LogP contribution in [0.5, 0.6) is 0 Å². The molecule has 0 saturated heterocycles. The zero-order chi connectivity index (χ0) is 12.7. The van der Waals surface area contributed by atoms with Gasteiger partial charge in [-0.05, 0) is 31.7 Å². The molecule has 2 heteroatoms. The summed E-state index contributed by atoms with van der Waals surface area (Å²) in [6, 6.07) is 0. The van der Waals surface area contributed by atoms with Gasteiger partial charge in [-0.3, -0.25) is 0 Å². The first-order valence-electron chi connectivity index (χ1n) is 8.19. The van der Waals surface area contributed by atoms with E-state index in [4.69, 9.17) is 4.74 Å². The van der Waals surface area contributed by atoms with Gasteiger partial charge in [0.25, 0.3) is 0 Å². The smallest absolute Gasteiger partial charge is 0.0806 e. The van der Waals surface area contributed by atoms with Crippen molar-refractivity contribution < 1.29 is 4.74 Å². The Bertz CT molecular complexity index is 217. The van der Waals surface area contributed by atoms with Gasteiger partial charge in [0.1, 0.15) is 0 Å². The predicted octanol–water partition coefficient (Wildman–Crippen LogP) is 3.90. The van der Waals surface area contributed by atoms with Crippen LogP contribution in [0, 0.1) is 5.92 Å². The zero-order valence-electron chi connectivity index (χ0n) is 12.2. The van der Waals surface area contributed by atoms with Gasteiger partial charge in [-0.2, -0.15) is 0 Å². The molecule has 18 heavy (non-hydrogen) atoms. The molecule has 2 nitrogen and oxygen atoms in total. The van der Waals surface area contributed by atoms with E-state index in [1.807, 2.05) is 0 Å². The fourth-order valence-electron chi connectivity index (χ4n) is 3.32. The van der Waals surface area contributed by atoms with Crippen molar-refractivity contribution in [1.82, 2.24) is 5.32 Å². The van der Waals surface area contributed by atoms with Crippen LogP contribution in [0.4, 0.5) is 0 Å². The summed E-state index contributed by atoms with van der Waals surface area (Å²) in [5.41, 5.74) is 0.163. The standard InChI is InChI=1S/C16H31NO/c1-2-17-14-16(11-5-3-4-6-12-16)18-13-10-15-8-7-9-15/h15,17H,2-14H2,1H3. The van der Waals surface area contributed by atoms with Crippen LogP contribution >= 0.6 is 0 Å². The Kier molecular flexibility index (Phi) is 5.97. The second-order valence-corrected chi connectivity index (χ2v) is 6.31. The van der Waals surface area contributed by atoms with Crippen molar-refractivity contribution in [3.05, 3.63) is 0 Å². The highest BCUT2D eigenvalue weighted by atomic mass is 16.5. The second-order valence-electron chi connectivity index (χ2n) is 6.31. The number of likely N-dealkylation sites (N-methyl/N-ethyl adjacent to an activating group) is 1. The molecule has 2 rings (SSSR count). The molecule has 0 aromatic carbocycles. The molecule has 0 aromatic heterocycles. The first-order chi connectivity index (χ1) is 8.85. The van der Waals surface area contributed by atoms with Gasteiger partial charge in [0, 0.05) is 13.2 Å². The van der Waals surface area contributed by atoms with Crippen molar-refractivity contribution in [2.75, 3.05) is 19.7 Å². The van der Waals surface area contributed by atoms with E-state index in [1.54, 1.807) is 0 Å². The molecule has 0 bridgehead atoms. The quantitative estimate of drug-likeness (QED) is 0.695. The average Bonchev–Trinajstić information content (AvgIpc) is 2.56. The maximum Gasteiger partial charge on any atom is 0.0806 e. The number of hydrogen-bond donors (Lipinski definition) is 1. The van der Waals surface area contributed by atoms with Gasteiger partial charge in [-0.1, -0.05) is 51.9 Å². The minimum absolute atomic E-state index is 0.163. The lowest BCUT2D eigenvalue weighted by atomic mass is 9.83. The number of nitrogens with one attached hydrogen (secondary N) is 1. The van der Waals surface area contributed by atoms with E-state index in [2.05, 4.69) is 12.2 Å². The predicted molar refractivity (Wildman–Crippen MR) is 76.9 cm³/mol. The summed E-state index contributed by atoms with van der Waals surface area (Å²) < 4.78 is 6.40. The summed E-state index contributed by atoms with van der Waals surface area (Å²) in [5.74, 6) is 0.979. The van der Waals surface area contributed by atoms with E-state index in [0.717, 1.165) is 25.6 Å². The molecule has 0 unspecified atom stereocenters. The minimum Gasteiger partial charge on any atom is -0.374 e. The van der Waals surface area contributed by atoms with Crippen LogP contribution in [0.2, 0.25) is 0 Å². The van der Waals surface area contributed by atoms with Crippen LogP contribution in [0.15, 0.2) is 0 Å². The average molecular weight is 253 g/mol. The van der Waals surface area contributed by atoms with E-state index in [0.29, 0.717) is 0 Å². The van der Waals surface area contributed by atoms with Gasteiger partial charge in [0.15, 0.2) is 0 Å². The Hall–Kier alpha value is -0.0800. The molecule has 0 aliphatic heterocycles. The molecule has 2 aliphatic rings. The first kappa shape index (κ1) is 14.3. The topological polar surface area (TPSA) is 21.3 Å². The second kappa shape index (κ2) is 7.49. The fourth-order valence-corrected chi connectivity index (χ4v) is 3.32. The van der Waals surface area contributed by atoms with Gasteiger partial charge in [0.05, 0.1) is 5.60 Å².